The highest BCUT2D eigenvalue weighted by Gasteiger charge is 2.59. The molecule has 0 radical (unpaired) electrons. The Balaban J connectivity index is 1.24. The topological polar surface area (TPSA) is 83.0 Å². The van der Waals surface area contributed by atoms with Crippen LogP contribution >= 0.6 is 0 Å². The zero-order chi connectivity index (χ0) is 21.0. The van der Waals surface area contributed by atoms with Crippen molar-refractivity contribution in [3.8, 4) is 0 Å². The fraction of sp³-hybridized carbons (Fsp3) is 0.773. The van der Waals surface area contributed by atoms with Gasteiger partial charge in [-0.3, -0.25) is 19.5 Å². The van der Waals surface area contributed by atoms with Crippen LogP contribution in [0, 0.1) is 29.1 Å². The molecule has 2 amide bonds. The molecule has 6 unspecified atom stereocenters. The highest BCUT2D eigenvalue weighted by Crippen LogP contribution is 2.53. The van der Waals surface area contributed by atoms with Crippen molar-refractivity contribution in [2.75, 3.05) is 27.2 Å². The standard InChI is InChI=1S/C22H34N4O3/c1-21(2)15(12-22(21,3)29-5)25-20(23-4)24-9-6-10-26-18(27)16-13-7-8-14(11-13)17(16)19(26)28/h7-8,13-17H,6,9-12H2,1-5H3,(H2,23,24,25). The zero-order valence-electron chi connectivity index (χ0n) is 18.2. The van der Waals surface area contributed by atoms with Gasteiger partial charge in [-0.25, -0.2) is 0 Å². The van der Waals surface area contributed by atoms with E-state index in [0.29, 0.717) is 19.5 Å². The predicted molar refractivity (Wildman–Crippen MR) is 111 cm³/mol. The summed E-state index contributed by atoms with van der Waals surface area (Å²) in [5, 5.41) is 6.81. The maximum atomic E-state index is 12.7. The lowest BCUT2D eigenvalue weighted by Crippen LogP contribution is -2.69. The number of hydrogen-bond donors (Lipinski definition) is 2. The lowest BCUT2D eigenvalue weighted by atomic mass is 9.56. The van der Waals surface area contributed by atoms with Crippen molar-refractivity contribution in [1.29, 1.82) is 0 Å². The number of carbonyl (C=O) groups is 2. The monoisotopic (exact) mass is 402 g/mol. The van der Waals surface area contributed by atoms with E-state index in [1.807, 2.05) is 0 Å². The van der Waals surface area contributed by atoms with Gasteiger partial charge in [0.15, 0.2) is 5.96 Å². The lowest BCUT2D eigenvalue weighted by Gasteiger charge is -2.59. The molecule has 2 N–H and O–H groups in total. The second kappa shape index (κ2) is 7.11. The van der Waals surface area contributed by atoms with E-state index in [4.69, 9.17) is 4.74 Å². The van der Waals surface area contributed by atoms with Crippen LogP contribution in [0.1, 0.15) is 40.0 Å². The number of ether oxygens (including phenoxy) is 1. The van der Waals surface area contributed by atoms with Crippen LogP contribution in [0.2, 0.25) is 0 Å². The van der Waals surface area contributed by atoms with Crippen LogP contribution in [0.3, 0.4) is 0 Å². The molecular formula is C22H34N4O3. The molecule has 7 nitrogen and oxygen atoms in total. The second-order valence-electron chi connectivity index (χ2n) is 9.74. The van der Waals surface area contributed by atoms with Crippen LogP contribution in [-0.2, 0) is 14.3 Å². The Morgan fingerprint density at radius 2 is 1.83 bits per heavy atom. The summed E-state index contributed by atoms with van der Waals surface area (Å²) in [6, 6.07) is 0.280. The van der Waals surface area contributed by atoms with Gasteiger partial charge in [0.25, 0.3) is 0 Å². The summed E-state index contributed by atoms with van der Waals surface area (Å²) in [7, 11) is 3.52. The summed E-state index contributed by atoms with van der Waals surface area (Å²) >= 11 is 0. The molecule has 2 saturated carbocycles. The molecule has 0 aromatic rings. The van der Waals surface area contributed by atoms with E-state index in [-0.39, 0.29) is 52.5 Å². The summed E-state index contributed by atoms with van der Waals surface area (Å²) in [4.78, 5) is 31.3. The lowest BCUT2D eigenvalue weighted by molar-refractivity contribution is -0.176. The number of allylic oxidation sites excluding steroid dienone is 2. The molecule has 160 valence electrons. The van der Waals surface area contributed by atoms with Gasteiger partial charge in [-0.05, 0) is 38.0 Å². The third-order valence-electron chi connectivity index (χ3n) is 8.23. The number of nitrogens with one attached hydrogen (secondary N) is 2. The first-order valence-corrected chi connectivity index (χ1v) is 10.8. The molecule has 1 heterocycles. The fourth-order valence-corrected chi connectivity index (χ4v) is 5.71. The van der Waals surface area contributed by atoms with E-state index in [2.05, 4.69) is 48.5 Å². The number of hydrogen-bond acceptors (Lipinski definition) is 4. The van der Waals surface area contributed by atoms with Gasteiger partial charge >= 0.3 is 0 Å². The van der Waals surface area contributed by atoms with Gasteiger partial charge in [-0.2, -0.15) is 0 Å². The van der Waals surface area contributed by atoms with E-state index >= 15 is 0 Å². The molecule has 0 aromatic heterocycles. The van der Waals surface area contributed by atoms with Gasteiger partial charge in [-0.1, -0.05) is 26.0 Å². The Labute approximate surface area is 173 Å². The molecule has 29 heavy (non-hydrogen) atoms. The van der Waals surface area contributed by atoms with Crippen LogP contribution in [0.5, 0.6) is 0 Å². The number of carbonyl (C=O) groups excluding carboxylic acids is 2. The minimum Gasteiger partial charge on any atom is -0.378 e. The molecule has 2 bridgehead atoms. The summed E-state index contributed by atoms with van der Waals surface area (Å²) in [5.41, 5.74) is -0.134. The van der Waals surface area contributed by atoms with E-state index in [0.717, 1.165) is 18.8 Å². The Bertz CT molecular complexity index is 731. The van der Waals surface area contributed by atoms with E-state index in [1.54, 1.807) is 14.2 Å². The van der Waals surface area contributed by atoms with Crippen LogP contribution < -0.4 is 10.6 Å². The van der Waals surface area contributed by atoms with Crippen LogP contribution in [0.4, 0.5) is 0 Å². The molecule has 4 aliphatic rings. The summed E-state index contributed by atoms with van der Waals surface area (Å²) in [5.74, 6) is 1.17. The Kier molecular flexibility index (Phi) is 5.00. The van der Waals surface area contributed by atoms with Gasteiger partial charge in [0.1, 0.15) is 0 Å². The second-order valence-corrected chi connectivity index (χ2v) is 9.74. The number of amides is 2. The number of guanidine groups is 1. The van der Waals surface area contributed by atoms with E-state index in [1.165, 1.54) is 4.90 Å². The number of rotatable bonds is 6. The molecule has 3 aliphatic carbocycles. The quantitative estimate of drug-likeness (QED) is 0.232. The van der Waals surface area contributed by atoms with Crippen LogP contribution in [0.25, 0.3) is 0 Å². The van der Waals surface area contributed by atoms with Crippen LogP contribution in [0.15, 0.2) is 17.1 Å². The molecule has 0 aromatic carbocycles. The SMILES string of the molecule is CN=C(NCCCN1C(=O)C2C3C=CC(C3)C2C1=O)NC1CC(C)(OC)C1(C)C. The average molecular weight is 403 g/mol. The van der Waals surface area contributed by atoms with Gasteiger partial charge in [-0.15, -0.1) is 0 Å². The minimum atomic E-state index is -0.133. The van der Waals surface area contributed by atoms with Gasteiger partial charge in [0.2, 0.25) is 11.8 Å². The van der Waals surface area contributed by atoms with Gasteiger partial charge in [0, 0.05) is 38.7 Å². The molecule has 7 heteroatoms. The third kappa shape index (κ3) is 3.00. The highest BCUT2D eigenvalue weighted by atomic mass is 16.5. The van der Waals surface area contributed by atoms with Crippen molar-refractivity contribution in [3.63, 3.8) is 0 Å². The first-order valence-electron chi connectivity index (χ1n) is 10.8. The molecule has 1 saturated heterocycles. The number of likely N-dealkylation sites (tertiary alicyclic amines) is 1. The first-order chi connectivity index (χ1) is 13.7. The summed E-state index contributed by atoms with van der Waals surface area (Å²) in [6.07, 6.45) is 6.88. The van der Waals surface area contributed by atoms with Crippen molar-refractivity contribution < 1.29 is 14.3 Å². The van der Waals surface area contributed by atoms with Crippen molar-refractivity contribution >= 4 is 17.8 Å². The molecular weight excluding hydrogens is 368 g/mol. The maximum absolute atomic E-state index is 12.7. The fourth-order valence-electron chi connectivity index (χ4n) is 5.71. The first kappa shape index (κ1) is 20.4. The third-order valence-corrected chi connectivity index (χ3v) is 8.23. The maximum Gasteiger partial charge on any atom is 0.233 e. The Morgan fingerprint density at radius 1 is 1.21 bits per heavy atom. The number of fused-ring (bicyclic) bond motifs is 5. The smallest absolute Gasteiger partial charge is 0.233 e. The number of methoxy groups -OCH3 is 1. The van der Waals surface area contributed by atoms with Gasteiger partial charge < -0.3 is 15.4 Å². The largest absolute Gasteiger partial charge is 0.378 e. The number of imide groups is 1. The van der Waals surface area contributed by atoms with Crippen molar-refractivity contribution in [2.45, 2.75) is 51.7 Å². The normalized spacial score (nSPS) is 39.7. The zero-order valence-corrected chi connectivity index (χ0v) is 18.2. The van der Waals surface area contributed by atoms with Crippen molar-refractivity contribution in [1.82, 2.24) is 15.5 Å². The number of nitrogens with zero attached hydrogens (tertiary/aromatic N) is 2. The Hall–Kier alpha value is -1.89. The summed E-state index contributed by atoms with van der Waals surface area (Å²) < 4.78 is 5.69. The van der Waals surface area contributed by atoms with E-state index < -0.39 is 0 Å². The van der Waals surface area contributed by atoms with Crippen molar-refractivity contribution in [2.24, 2.45) is 34.1 Å². The average Bonchev–Trinajstić information content (AvgIpc) is 3.38. The summed E-state index contributed by atoms with van der Waals surface area (Å²) in [6.45, 7) is 7.68. The highest BCUT2D eigenvalue weighted by molar-refractivity contribution is 6.06. The predicted octanol–water partition coefficient (Wildman–Crippen LogP) is 1.55. The van der Waals surface area contributed by atoms with Crippen LogP contribution in [-0.4, -0.2) is 61.6 Å². The molecule has 0 spiro atoms. The molecule has 6 atom stereocenters. The van der Waals surface area contributed by atoms with Crippen molar-refractivity contribution in [3.05, 3.63) is 12.2 Å². The molecule has 4 rings (SSSR count). The molecule has 3 fully saturated rings. The number of aliphatic imine (C=N–C) groups is 1. The Morgan fingerprint density at radius 3 is 2.34 bits per heavy atom. The minimum absolute atomic E-state index is 0.00106. The van der Waals surface area contributed by atoms with E-state index in [9.17, 15) is 9.59 Å². The molecule has 1 aliphatic heterocycles. The van der Waals surface area contributed by atoms with Gasteiger partial charge in [0.05, 0.1) is 17.4 Å².